The van der Waals surface area contributed by atoms with Crippen LogP contribution in [0.25, 0.3) is 0 Å². The summed E-state index contributed by atoms with van der Waals surface area (Å²) in [5, 5.41) is 14.2. The smallest absolute Gasteiger partial charge is 0.311 e. The average molecular weight is 236 g/mol. The molecule has 0 amide bonds. The summed E-state index contributed by atoms with van der Waals surface area (Å²) >= 11 is 0. The first-order valence-corrected chi connectivity index (χ1v) is 5.78. The van der Waals surface area contributed by atoms with Crippen LogP contribution in [-0.2, 0) is 0 Å². The lowest BCUT2D eigenvalue weighted by Crippen LogP contribution is -2.28. The molecule has 1 fully saturated rings. The Morgan fingerprint density at radius 2 is 2.41 bits per heavy atom. The molecule has 0 spiro atoms. The Hall–Kier alpha value is -1.62. The van der Waals surface area contributed by atoms with Crippen molar-refractivity contribution >= 4 is 5.69 Å². The molecule has 0 saturated carbocycles. The number of rotatable bonds is 4. The molecule has 0 aromatic heterocycles. The summed E-state index contributed by atoms with van der Waals surface area (Å²) in [6.07, 6.45) is 2.21. The van der Waals surface area contributed by atoms with Gasteiger partial charge in [0.05, 0.1) is 4.92 Å². The van der Waals surface area contributed by atoms with E-state index in [0.717, 1.165) is 24.9 Å². The van der Waals surface area contributed by atoms with E-state index in [-0.39, 0.29) is 5.69 Å². The van der Waals surface area contributed by atoms with Gasteiger partial charge in [0.2, 0.25) is 0 Å². The molecule has 1 atom stereocenters. The van der Waals surface area contributed by atoms with Gasteiger partial charge in [-0.25, -0.2) is 0 Å². The Bertz CT molecular complexity index is 414. The lowest BCUT2D eigenvalue weighted by Gasteiger charge is -2.12. The van der Waals surface area contributed by atoms with E-state index in [4.69, 9.17) is 4.74 Å². The van der Waals surface area contributed by atoms with Crippen molar-refractivity contribution in [2.24, 2.45) is 0 Å². The standard InChI is InChI=1S/C12H16N2O3/c1-9-4-5-12(11(7-9)14(15)16)17-8-10-3-2-6-13-10/h4-5,7,10,13H,2-3,6,8H2,1H3/t10-/m1/s1. The van der Waals surface area contributed by atoms with E-state index >= 15 is 0 Å². The monoisotopic (exact) mass is 236 g/mol. The molecule has 1 aliphatic rings. The van der Waals surface area contributed by atoms with Crippen LogP contribution in [0.3, 0.4) is 0 Å². The predicted octanol–water partition coefficient (Wildman–Crippen LogP) is 2.03. The van der Waals surface area contributed by atoms with Crippen molar-refractivity contribution in [3.63, 3.8) is 0 Å². The van der Waals surface area contributed by atoms with Gasteiger partial charge in [0, 0.05) is 12.1 Å². The fourth-order valence-electron chi connectivity index (χ4n) is 1.98. The molecule has 1 saturated heterocycles. The number of hydrogen-bond acceptors (Lipinski definition) is 4. The number of nitro benzene ring substituents is 1. The summed E-state index contributed by atoms with van der Waals surface area (Å²) in [6.45, 7) is 3.32. The van der Waals surface area contributed by atoms with E-state index in [1.54, 1.807) is 6.07 Å². The van der Waals surface area contributed by atoms with Gasteiger partial charge in [0.25, 0.3) is 0 Å². The van der Waals surface area contributed by atoms with Gasteiger partial charge in [0.15, 0.2) is 5.75 Å². The maximum Gasteiger partial charge on any atom is 0.311 e. The zero-order valence-corrected chi connectivity index (χ0v) is 9.81. The lowest BCUT2D eigenvalue weighted by molar-refractivity contribution is -0.385. The molecule has 1 heterocycles. The third-order valence-electron chi connectivity index (χ3n) is 2.91. The van der Waals surface area contributed by atoms with Gasteiger partial charge in [-0.05, 0) is 37.9 Å². The molecule has 5 nitrogen and oxygen atoms in total. The van der Waals surface area contributed by atoms with Crippen LogP contribution in [0.4, 0.5) is 5.69 Å². The van der Waals surface area contributed by atoms with Crippen molar-refractivity contribution in [2.45, 2.75) is 25.8 Å². The van der Waals surface area contributed by atoms with Crippen molar-refractivity contribution in [3.8, 4) is 5.75 Å². The van der Waals surface area contributed by atoms with Crippen LogP contribution < -0.4 is 10.1 Å². The first-order chi connectivity index (χ1) is 8.16. The summed E-state index contributed by atoms with van der Waals surface area (Å²) in [7, 11) is 0. The van der Waals surface area contributed by atoms with Gasteiger partial charge < -0.3 is 10.1 Å². The minimum atomic E-state index is -0.398. The fraction of sp³-hybridized carbons (Fsp3) is 0.500. The van der Waals surface area contributed by atoms with Crippen LogP contribution in [0, 0.1) is 17.0 Å². The maximum atomic E-state index is 10.9. The second kappa shape index (κ2) is 5.14. The van der Waals surface area contributed by atoms with E-state index in [9.17, 15) is 10.1 Å². The molecule has 0 radical (unpaired) electrons. The number of nitro groups is 1. The van der Waals surface area contributed by atoms with Crippen LogP contribution in [0.2, 0.25) is 0 Å². The van der Waals surface area contributed by atoms with Crippen molar-refractivity contribution < 1.29 is 9.66 Å². The summed E-state index contributed by atoms with van der Waals surface area (Å²) in [4.78, 5) is 10.5. The molecule has 5 heteroatoms. The van der Waals surface area contributed by atoms with E-state index in [2.05, 4.69) is 5.32 Å². The number of aryl methyl sites for hydroxylation is 1. The van der Waals surface area contributed by atoms with E-state index in [1.807, 2.05) is 13.0 Å². The third kappa shape index (κ3) is 2.94. The molecule has 1 aromatic carbocycles. The molecule has 2 rings (SSSR count). The fourth-order valence-corrected chi connectivity index (χ4v) is 1.98. The normalized spacial score (nSPS) is 19.2. The number of benzene rings is 1. The second-order valence-corrected chi connectivity index (χ2v) is 4.33. The molecule has 1 aromatic rings. The van der Waals surface area contributed by atoms with Gasteiger partial charge in [0.1, 0.15) is 6.61 Å². The summed E-state index contributed by atoms with van der Waals surface area (Å²) in [5.74, 6) is 0.356. The highest BCUT2D eigenvalue weighted by Gasteiger charge is 2.18. The number of ether oxygens (including phenoxy) is 1. The van der Waals surface area contributed by atoms with E-state index in [0.29, 0.717) is 18.4 Å². The molecule has 92 valence electrons. The predicted molar refractivity (Wildman–Crippen MR) is 64.4 cm³/mol. The van der Waals surface area contributed by atoms with Crippen molar-refractivity contribution in [2.75, 3.05) is 13.2 Å². The third-order valence-corrected chi connectivity index (χ3v) is 2.91. The zero-order valence-electron chi connectivity index (χ0n) is 9.81. The maximum absolute atomic E-state index is 10.9. The Labute approximate surface area is 99.9 Å². The highest BCUT2D eigenvalue weighted by Crippen LogP contribution is 2.28. The zero-order chi connectivity index (χ0) is 12.3. The van der Waals surface area contributed by atoms with Gasteiger partial charge in [-0.1, -0.05) is 6.07 Å². The molecular formula is C12H16N2O3. The van der Waals surface area contributed by atoms with Gasteiger partial charge >= 0.3 is 5.69 Å². The first kappa shape index (κ1) is 11.9. The molecular weight excluding hydrogens is 220 g/mol. The van der Waals surface area contributed by atoms with Gasteiger partial charge in [-0.3, -0.25) is 10.1 Å². The molecule has 0 bridgehead atoms. The highest BCUT2D eigenvalue weighted by molar-refractivity contribution is 5.48. The van der Waals surface area contributed by atoms with Crippen LogP contribution in [0.15, 0.2) is 18.2 Å². The molecule has 1 N–H and O–H groups in total. The van der Waals surface area contributed by atoms with Gasteiger partial charge in [-0.15, -0.1) is 0 Å². The Morgan fingerprint density at radius 3 is 3.06 bits per heavy atom. The highest BCUT2D eigenvalue weighted by atomic mass is 16.6. The van der Waals surface area contributed by atoms with Gasteiger partial charge in [-0.2, -0.15) is 0 Å². The van der Waals surface area contributed by atoms with Crippen molar-refractivity contribution in [1.29, 1.82) is 0 Å². The lowest BCUT2D eigenvalue weighted by atomic mass is 10.2. The summed E-state index contributed by atoms with van der Waals surface area (Å²) in [6, 6.07) is 5.35. The molecule has 17 heavy (non-hydrogen) atoms. The van der Waals surface area contributed by atoms with Crippen LogP contribution in [-0.4, -0.2) is 24.1 Å². The summed E-state index contributed by atoms with van der Waals surface area (Å²) in [5.41, 5.74) is 0.908. The van der Waals surface area contributed by atoms with Crippen LogP contribution in [0.1, 0.15) is 18.4 Å². The first-order valence-electron chi connectivity index (χ1n) is 5.78. The number of hydrogen-bond donors (Lipinski definition) is 1. The van der Waals surface area contributed by atoms with E-state index < -0.39 is 4.92 Å². The van der Waals surface area contributed by atoms with Crippen molar-refractivity contribution in [1.82, 2.24) is 5.32 Å². The molecule has 0 unspecified atom stereocenters. The average Bonchev–Trinajstić information content (AvgIpc) is 2.80. The largest absolute Gasteiger partial charge is 0.485 e. The Balaban J connectivity index is 2.06. The second-order valence-electron chi connectivity index (χ2n) is 4.33. The van der Waals surface area contributed by atoms with Crippen LogP contribution >= 0.6 is 0 Å². The minimum Gasteiger partial charge on any atom is -0.485 e. The quantitative estimate of drug-likeness (QED) is 0.641. The minimum absolute atomic E-state index is 0.0444. The number of nitrogens with zero attached hydrogens (tertiary/aromatic N) is 1. The topological polar surface area (TPSA) is 64.4 Å². The molecule has 0 aliphatic carbocycles. The Kier molecular flexibility index (Phi) is 3.58. The molecule has 1 aliphatic heterocycles. The van der Waals surface area contributed by atoms with Crippen LogP contribution in [0.5, 0.6) is 5.75 Å². The summed E-state index contributed by atoms with van der Waals surface area (Å²) < 4.78 is 5.53. The number of nitrogens with one attached hydrogen (secondary N) is 1. The SMILES string of the molecule is Cc1ccc(OC[C@H]2CCCN2)c([N+](=O)[O-])c1. The van der Waals surface area contributed by atoms with E-state index in [1.165, 1.54) is 6.07 Å². The van der Waals surface area contributed by atoms with Crippen molar-refractivity contribution in [3.05, 3.63) is 33.9 Å². The Morgan fingerprint density at radius 1 is 1.59 bits per heavy atom.